The van der Waals surface area contributed by atoms with Gasteiger partial charge in [0.05, 0.1) is 7.11 Å². The topological polar surface area (TPSA) is 41.5 Å². The molecule has 0 spiro atoms. The molecule has 0 unspecified atom stereocenters. The fourth-order valence-corrected chi connectivity index (χ4v) is 1.93. The lowest BCUT2D eigenvalue weighted by Gasteiger charge is -2.21. The highest BCUT2D eigenvalue weighted by Crippen LogP contribution is 2.23. The molecule has 0 radical (unpaired) electrons. The smallest absolute Gasteiger partial charge is 0.173 e. The first-order chi connectivity index (χ1) is 7.07. The van der Waals surface area contributed by atoms with Gasteiger partial charge < -0.3 is 15.2 Å². The van der Waals surface area contributed by atoms with E-state index >= 15 is 0 Å². The minimum atomic E-state index is -0.0542. The Bertz CT molecular complexity index is 297. The maximum Gasteiger partial charge on any atom is 0.173 e. The van der Waals surface area contributed by atoms with Crippen LogP contribution in [-0.4, -0.2) is 25.4 Å². The summed E-state index contributed by atoms with van der Waals surface area (Å²) < 4.78 is 5.11. The lowest BCUT2D eigenvalue weighted by molar-refractivity contribution is 0.157. The summed E-state index contributed by atoms with van der Waals surface area (Å²) in [7, 11) is 1.68. The number of methoxy groups -OCH3 is 1. The number of aliphatic hydroxyl groups excluding tert-OH is 1. The first kappa shape index (κ1) is 12.5. The average molecular weight is 229 g/mol. The van der Waals surface area contributed by atoms with Crippen LogP contribution >= 0.6 is 11.3 Å². The van der Waals surface area contributed by atoms with Gasteiger partial charge in [-0.1, -0.05) is 13.8 Å². The Kier molecular flexibility index (Phi) is 4.57. The average Bonchev–Trinajstić information content (AvgIpc) is 2.66. The highest BCUT2D eigenvalue weighted by atomic mass is 32.1. The summed E-state index contributed by atoms with van der Waals surface area (Å²) in [6.45, 7) is 5.92. The van der Waals surface area contributed by atoms with E-state index in [-0.39, 0.29) is 12.0 Å². The van der Waals surface area contributed by atoms with Gasteiger partial charge in [0.25, 0.3) is 0 Å². The molecule has 0 aromatic carbocycles. The van der Waals surface area contributed by atoms with Gasteiger partial charge in [0, 0.05) is 30.0 Å². The Morgan fingerprint density at radius 3 is 2.73 bits per heavy atom. The zero-order valence-corrected chi connectivity index (χ0v) is 10.4. The highest BCUT2D eigenvalue weighted by molar-refractivity contribution is 7.13. The summed E-state index contributed by atoms with van der Waals surface area (Å²) in [6, 6.07) is 4.03. The number of thiophene rings is 1. The van der Waals surface area contributed by atoms with E-state index in [4.69, 9.17) is 9.84 Å². The van der Waals surface area contributed by atoms with Crippen LogP contribution < -0.4 is 10.1 Å². The lowest BCUT2D eigenvalue weighted by atomic mass is 9.95. The van der Waals surface area contributed by atoms with Crippen molar-refractivity contribution in [3.63, 3.8) is 0 Å². The van der Waals surface area contributed by atoms with Gasteiger partial charge in [-0.25, -0.2) is 0 Å². The van der Waals surface area contributed by atoms with Gasteiger partial charge in [0.1, 0.15) is 0 Å². The molecule has 1 aromatic heterocycles. The maximum absolute atomic E-state index is 9.08. The Labute approximate surface area is 95.1 Å². The fraction of sp³-hybridized carbons (Fsp3) is 0.636. The summed E-state index contributed by atoms with van der Waals surface area (Å²) in [5.74, 6) is 0. The molecule has 0 aliphatic rings. The van der Waals surface area contributed by atoms with E-state index in [0.29, 0.717) is 0 Å². The van der Waals surface area contributed by atoms with Crippen LogP contribution in [0.3, 0.4) is 0 Å². The zero-order chi connectivity index (χ0) is 11.3. The Morgan fingerprint density at radius 2 is 2.20 bits per heavy atom. The third-order valence-electron chi connectivity index (χ3n) is 2.17. The van der Waals surface area contributed by atoms with E-state index in [2.05, 4.69) is 11.4 Å². The minimum Gasteiger partial charge on any atom is -0.487 e. The Hall–Kier alpha value is -0.580. The molecule has 0 aliphatic carbocycles. The quantitative estimate of drug-likeness (QED) is 0.782. The van der Waals surface area contributed by atoms with Crippen molar-refractivity contribution in [3.8, 4) is 5.06 Å². The summed E-state index contributed by atoms with van der Waals surface area (Å²) in [5, 5.41) is 13.3. The number of hydrogen-bond acceptors (Lipinski definition) is 4. The molecule has 1 heterocycles. The van der Waals surface area contributed by atoms with Crippen LogP contribution in [0.2, 0.25) is 0 Å². The van der Waals surface area contributed by atoms with Crippen LogP contribution in [-0.2, 0) is 6.54 Å². The molecule has 1 rings (SSSR count). The van der Waals surface area contributed by atoms with Crippen LogP contribution in [0.4, 0.5) is 0 Å². The molecule has 0 saturated carbocycles. The first-order valence-electron chi connectivity index (χ1n) is 5.02. The van der Waals surface area contributed by atoms with E-state index in [9.17, 15) is 0 Å². The number of nitrogens with one attached hydrogen (secondary N) is 1. The molecule has 0 bridgehead atoms. The minimum absolute atomic E-state index is 0.0542. The largest absolute Gasteiger partial charge is 0.487 e. The Morgan fingerprint density at radius 1 is 1.47 bits per heavy atom. The van der Waals surface area contributed by atoms with Gasteiger partial charge >= 0.3 is 0 Å². The van der Waals surface area contributed by atoms with Gasteiger partial charge in [-0.05, 0) is 12.1 Å². The van der Waals surface area contributed by atoms with Gasteiger partial charge in [0.2, 0.25) is 0 Å². The third kappa shape index (κ3) is 4.20. The number of rotatable bonds is 6. The van der Waals surface area contributed by atoms with E-state index in [1.165, 1.54) is 4.88 Å². The molecule has 1 aromatic rings. The molecule has 3 nitrogen and oxygen atoms in total. The van der Waals surface area contributed by atoms with Gasteiger partial charge in [-0.2, -0.15) is 0 Å². The molecule has 2 N–H and O–H groups in total. The van der Waals surface area contributed by atoms with Crippen molar-refractivity contribution in [1.82, 2.24) is 5.32 Å². The standard InChI is InChI=1S/C11H19NO2S/c1-11(2,8-13)7-12-6-9-4-5-10(14-3)15-9/h4-5,12-13H,6-8H2,1-3H3. The van der Waals surface area contributed by atoms with Crippen LogP contribution in [0.15, 0.2) is 12.1 Å². The van der Waals surface area contributed by atoms with E-state index in [0.717, 1.165) is 18.2 Å². The second-order valence-corrected chi connectivity index (χ2v) is 5.48. The molecular weight excluding hydrogens is 210 g/mol. The van der Waals surface area contributed by atoms with Crippen LogP contribution in [0.25, 0.3) is 0 Å². The third-order valence-corrected chi connectivity index (χ3v) is 3.22. The molecule has 4 heteroatoms. The predicted octanol–water partition coefficient (Wildman–Crippen LogP) is 1.86. The number of hydrogen-bond donors (Lipinski definition) is 2. The van der Waals surface area contributed by atoms with E-state index in [1.807, 2.05) is 19.9 Å². The number of ether oxygens (including phenoxy) is 1. The van der Waals surface area contributed by atoms with Crippen molar-refractivity contribution >= 4 is 11.3 Å². The first-order valence-corrected chi connectivity index (χ1v) is 5.83. The SMILES string of the molecule is COc1ccc(CNCC(C)(C)CO)s1. The van der Waals surface area contributed by atoms with Gasteiger partial charge in [-0.15, -0.1) is 11.3 Å². The van der Waals surface area contributed by atoms with Crippen LogP contribution in [0.1, 0.15) is 18.7 Å². The van der Waals surface area contributed by atoms with Crippen molar-refractivity contribution < 1.29 is 9.84 Å². The van der Waals surface area contributed by atoms with Crippen molar-refractivity contribution in [2.75, 3.05) is 20.3 Å². The molecule has 0 atom stereocenters. The molecule has 0 saturated heterocycles. The van der Waals surface area contributed by atoms with Crippen LogP contribution in [0.5, 0.6) is 5.06 Å². The molecule has 15 heavy (non-hydrogen) atoms. The second-order valence-electron chi connectivity index (χ2n) is 4.35. The van der Waals surface area contributed by atoms with Crippen molar-refractivity contribution in [2.24, 2.45) is 5.41 Å². The van der Waals surface area contributed by atoms with Gasteiger partial charge in [-0.3, -0.25) is 0 Å². The van der Waals surface area contributed by atoms with E-state index in [1.54, 1.807) is 18.4 Å². The Balaban J connectivity index is 2.31. The monoisotopic (exact) mass is 229 g/mol. The molecule has 86 valence electrons. The zero-order valence-electron chi connectivity index (χ0n) is 9.54. The summed E-state index contributed by atoms with van der Waals surface area (Å²) >= 11 is 1.64. The number of aliphatic hydroxyl groups is 1. The maximum atomic E-state index is 9.08. The van der Waals surface area contributed by atoms with Crippen molar-refractivity contribution in [1.29, 1.82) is 0 Å². The normalized spacial score (nSPS) is 11.7. The predicted molar refractivity (Wildman–Crippen MR) is 63.4 cm³/mol. The molecule has 0 fully saturated rings. The van der Waals surface area contributed by atoms with Crippen molar-refractivity contribution in [3.05, 3.63) is 17.0 Å². The van der Waals surface area contributed by atoms with Crippen molar-refractivity contribution in [2.45, 2.75) is 20.4 Å². The summed E-state index contributed by atoms with van der Waals surface area (Å²) in [5.41, 5.74) is -0.0542. The summed E-state index contributed by atoms with van der Waals surface area (Å²) in [4.78, 5) is 1.25. The molecule has 0 amide bonds. The fourth-order valence-electron chi connectivity index (χ4n) is 1.14. The summed E-state index contributed by atoms with van der Waals surface area (Å²) in [6.07, 6.45) is 0. The second kappa shape index (κ2) is 5.49. The van der Waals surface area contributed by atoms with Crippen LogP contribution in [0, 0.1) is 5.41 Å². The lowest BCUT2D eigenvalue weighted by Crippen LogP contribution is -2.31. The highest BCUT2D eigenvalue weighted by Gasteiger charge is 2.15. The van der Waals surface area contributed by atoms with Gasteiger partial charge in [0.15, 0.2) is 5.06 Å². The molecular formula is C11H19NO2S. The van der Waals surface area contributed by atoms with E-state index < -0.39 is 0 Å². The molecule has 0 aliphatic heterocycles.